The van der Waals surface area contributed by atoms with Crippen molar-refractivity contribution >= 4 is 21.8 Å². The topological polar surface area (TPSA) is 61.2 Å². The molecule has 0 unspecified atom stereocenters. The van der Waals surface area contributed by atoms with Gasteiger partial charge in [-0.1, -0.05) is 142 Å². The first kappa shape index (κ1) is 39.0. The van der Waals surface area contributed by atoms with Crippen molar-refractivity contribution in [2.75, 3.05) is 0 Å². The molecule has 4 aromatic carbocycles. The minimum Gasteiger partial charge on any atom is -0.352 e. The van der Waals surface area contributed by atoms with Gasteiger partial charge in [0.25, 0.3) is 0 Å². The molecule has 0 fully saturated rings. The fraction of sp³-hybridized carbons (Fsp3) is 0.302. The van der Waals surface area contributed by atoms with Gasteiger partial charge in [-0.3, -0.25) is 0 Å². The number of nitrogens with zero attached hydrogens (tertiary/aromatic N) is 3. The number of hydrogen-bond acceptors (Lipinski definition) is 2. The molecular weight excluding hydrogens is 707 g/mol. The molecule has 8 aromatic rings. The van der Waals surface area contributed by atoms with Crippen LogP contribution in [0.3, 0.4) is 0 Å². The molecule has 58 heavy (non-hydrogen) atoms. The lowest BCUT2D eigenvalue weighted by atomic mass is 9.79. The maximum absolute atomic E-state index is 5.37. The first-order chi connectivity index (χ1) is 27.2. The molecule has 0 atom stereocenters. The number of benzene rings is 4. The molecule has 5 nitrogen and oxygen atoms in total. The number of pyridine rings is 1. The summed E-state index contributed by atoms with van der Waals surface area (Å²) in [5.41, 5.74) is 15.4. The van der Waals surface area contributed by atoms with Crippen LogP contribution in [0.5, 0.6) is 0 Å². The Bertz CT molecular complexity index is 2570. The fourth-order valence-corrected chi connectivity index (χ4v) is 7.67. The van der Waals surface area contributed by atoms with E-state index in [1.54, 1.807) is 0 Å². The van der Waals surface area contributed by atoms with Crippen LogP contribution in [0, 0.1) is 0 Å². The molecule has 0 aliphatic carbocycles. The Balaban J connectivity index is 1.32. The lowest BCUT2D eigenvalue weighted by molar-refractivity contribution is -0.546. The zero-order valence-electron chi connectivity index (χ0n) is 36.4. The molecule has 0 aliphatic heterocycles. The second-order valence-corrected chi connectivity index (χ2v) is 20.2. The number of para-hydroxylation sites is 2. The van der Waals surface area contributed by atoms with E-state index in [-0.39, 0.29) is 21.7 Å². The van der Waals surface area contributed by atoms with E-state index in [1.807, 2.05) is 0 Å². The van der Waals surface area contributed by atoms with E-state index in [1.165, 1.54) is 33.4 Å². The highest BCUT2D eigenvalue weighted by Gasteiger charge is 2.26. The summed E-state index contributed by atoms with van der Waals surface area (Å²) in [6.45, 7) is 27.4. The zero-order chi connectivity index (χ0) is 41.4. The van der Waals surface area contributed by atoms with Gasteiger partial charge in [0.2, 0.25) is 0 Å². The molecule has 4 aromatic heterocycles. The highest BCUT2D eigenvalue weighted by molar-refractivity contribution is 5.89. The van der Waals surface area contributed by atoms with Crippen molar-refractivity contribution in [1.82, 2.24) is 19.9 Å². The molecular formula is C53H58N5+. The highest BCUT2D eigenvalue weighted by atomic mass is 15.2. The van der Waals surface area contributed by atoms with Crippen molar-refractivity contribution in [3.8, 4) is 51.2 Å². The first-order valence-electron chi connectivity index (χ1n) is 20.7. The number of H-pyrrole nitrogens is 2. The lowest BCUT2D eigenvalue weighted by Gasteiger charge is -2.26. The Kier molecular flexibility index (Phi) is 9.38. The average Bonchev–Trinajstić information content (AvgIpc) is 3.87. The van der Waals surface area contributed by atoms with Crippen LogP contribution in [0.1, 0.15) is 105 Å². The summed E-state index contributed by atoms with van der Waals surface area (Å²) >= 11 is 0. The lowest BCUT2D eigenvalue weighted by Crippen LogP contribution is -2.35. The predicted molar refractivity (Wildman–Crippen MR) is 244 cm³/mol. The third kappa shape index (κ3) is 7.63. The van der Waals surface area contributed by atoms with Crippen LogP contribution in [0.4, 0.5) is 0 Å². The van der Waals surface area contributed by atoms with Gasteiger partial charge in [-0.05, 0) is 122 Å². The average molecular weight is 765 g/mol. The Morgan fingerprint density at radius 1 is 0.379 bits per heavy atom. The Morgan fingerprint density at radius 2 is 0.724 bits per heavy atom. The molecule has 0 amide bonds. The largest absolute Gasteiger partial charge is 0.439 e. The van der Waals surface area contributed by atoms with E-state index in [4.69, 9.17) is 9.97 Å². The molecule has 4 heterocycles. The third-order valence-corrected chi connectivity index (χ3v) is 11.5. The van der Waals surface area contributed by atoms with Crippen molar-refractivity contribution in [1.29, 1.82) is 0 Å². The van der Waals surface area contributed by atoms with Gasteiger partial charge in [0.1, 0.15) is 11.0 Å². The summed E-state index contributed by atoms with van der Waals surface area (Å²) in [7, 11) is 0. The van der Waals surface area contributed by atoms with Crippen LogP contribution >= 0.6 is 0 Å². The molecule has 0 bridgehead atoms. The number of rotatable bonds is 5. The van der Waals surface area contributed by atoms with Gasteiger partial charge < -0.3 is 9.97 Å². The maximum atomic E-state index is 5.37. The zero-order valence-corrected chi connectivity index (χ0v) is 36.4. The molecule has 0 spiro atoms. The summed E-state index contributed by atoms with van der Waals surface area (Å²) in [6, 6.07) is 44.1. The van der Waals surface area contributed by atoms with E-state index in [9.17, 15) is 0 Å². The third-order valence-electron chi connectivity index (χ3n) is 11.5. The van der Waals surface area contributed by atoms with E-state index in [0.29, 0.717) is 5.95 Å². The number of hydrogen-bond donors (Lipinski definition) is 2. The first-order valence-corrected chi connectivity index (χ1v) is 20.7. The van der Waals surface area contributed by atoms with Gasteiger partial charge in [0.05, 0.1) is 11.4 Å². The SMILES string of the molecule is CC(C)(C)c1cc(-c2ccc(-c3cc(-c4ccc(-c5cc(C(C)(C)C)cc(C(C)(C)C)c5)[nH]4)nc(-[n+]4c5ccccc5cc5ccccc54)n3)[nH]2)cc(C(C)(C)C)c1. The monoisotopic (exact) mass is 764 g/mol. The number of nitrogens with one attached hydrogen (secondary N) is 2. The maximum Gasteiger partial charge on any atom is 0.439 e. The molecule has 0 radical (unpaired) electrons. The van der Waals surface area contributed by atoms with E-state index in [0.717, 1.165) is 56.0 Å². The molecule has 0 aliphatic rings. The summed E-state index contributed by atoms with van der Waals surface area (Å²) in [6.07, 6.45) is 0. The standard InChI is InChI=1S/C53H58N5/c1-50(2,3)37-26-35(27-38(30-37)51(4,5)6)41-21-23-43(54-41)45-32-46(44-24-22-42(55-44)36-28-39(52(7,8)9)31-40(29-36)53(10,11)12)57-49(56-45)58-47-19-15-13-17-33(47)25-34-18-14-16-20-48(34)58/h13-32,54-55H,1-12H3/q+1. The van der Waals surface area contributed by atoms with Crippen LogP contribution in [0.2, 0.25) is 0 Å². The number of aromatic amines is 2. The summed E-state index contributed by atoms with van der Waals surface area (Å²) < 4.78 is 2.20. The summed E-state index contributed by atoms with van der Waals surface area (Å²) in [5, 5.41) is 2.26. The van der Waals surface area contributed by atoms with Crippen molar-refractivity contribution in [2.24, 2.45) is 0 Å². The Hall–Kier alpha value is -5.81. The van der Waals surface area contributed by atoms with Gasteiger partial charge >= 0.3 is 5.95 Å². The van der Waals surface area contributed by atoms with Crippen LogP contribution < -0.4 is 4.57 Å². The minimum absolute atomic E-state index is 0.0115. The Morgan fingerprint density at radius 3 is 1.09 bits per heavy atom. The van der Waals surface area contributed by atoms with Crippen LogP contribution in [-0.2, 0) is 21.7 Å². The highest BCUT2D eigenvalue weighted by Crippen LogP contribution is 2.37. The van der Waals surface area contributed by atoms with E-state index >= 15 is 0 Å². The van der Waals surface area contributed by atoms with Gasteiger partial charge in [0.15, 0.2) is 11.4 Å². The molecule has 5 heteroatoms. The number of aromatic nitrogens is 5. The van der Waals surface area contributed by atoms with Gasteiger partial charge in [-0.15, -0.1) is 0 Å². The number of fused-ring (bicyclic) bond motifs is 2. The van der Waals surface area contributed by atoms with E-state index in [2.05, 4.69) is 219 Å². The summed E-state index contributed by atoms with van der Waals surface area (Å²) in [5.74, 6) is 0.613. The van der Waals surface area contributed by atoms with Crippen molar-refractivity contribution in [2.45, 2.75) is 105 Å². The molecule has 0 saturated heterocycles. The van der Waals surface area contributed by atoms with Crippen LogP contribution in [0.15, 0.2) is 121 Å². The normalized spacial score (nSPS) is 12.8. The molecule has 0 saturated carbocycles. The molecule has 2 N–H and O–H groups in total. The predicted octanol–water partition coefficient (Wildman–Crippen LogP) is 13.6. The Labute approximate surface area is 344 Å². The molecule has 294 valence electrons. The van der Waals surface area contributed by atoms with Gasteiger partial charge in [-0.25, -0.2) is 0 Å². The molecule has 8 rings (SSSR count). The van der Waals surface area contributed by atoms with Gasteiger partial charge in [0, 0.05) is 28.2 Å². The van der Waals surface area contributed by atoms with Crippen molar-refractivity contribution in [3.63, 3.8) is 0 Å². The second kappa shape index (κ2) is 13.9. The summed E-state index contributed by atoms with van der Waals surface area (Å²) in [4.78, 5) is 18.3. The minimum atomic E-state index is 0.0115. The van der Waals surface area contributed by atoms with Crippen molar-refractivity contribution in [3.05, 3.63) is 144 Å². The fourth-order valence-electron chi connectivity index (χ4n) is 7.67. The van der Waals surface area contributed by atoms with Crippen molar-refractivity contribution < 1.29 is 4.57 Å². The van der Waals surface area contributed by atoms with Crippen LogP contribution in [-0.4, -0.2) is 19.9 Å². The van der Waals surface area contributed by atoms with E-state index < -0.39 is 0 Å². The van der Waals surface area contributed by atoms with Crippen LogP contribution in [0.25, 0.3) is 73.0 Å². The quantitative estimate of drug-likeness (QED) is 0.135. The van der Waals surface area contributed by atoms with Gasteiger partial charge in [-0.2, -0.15) is 4.57 Å². The smallest absolute Gasteiger partial charge is 0.352 e. The second-order valence-electron chi connectivity index (χ2n) is 20.2.